The summed E-state index contributed by atoms with van der Waals surface area (Å²) >= 11 is 5.51. The number of para-hydroxylation sites is 1. The first kappa shape index (κ1) is 26.5. The Balaban J connectivity index is 1.24. The van der Waals surface area contributed by atoms with E-state index in [1.54, 1.807) is 0 Å². The van der Waals surface area contributed by atoms with E-state index in [2.05, 4.69) is 168 Å². The van der Waals surface area contributed by atoms with E-state index in [-0.39, 0.29) is 5.41 Å². The van der Waals surface area contributed by atoms with Gasteiger partial charge < -0.3 is 4.57 Å². The monoisotopic (exact) mass is 669 g/mol. The summed E-state index contributed by atoms with van der Waals surface area (Å²) in [6.45, 7) is 4.76. The summed E-state index contributed by atoms with van der Waals surface area (Å²) in [5, 5.41) is 7.84. The van der Waals surface area contributed by atoms with Gasteiger partial charge >= 0.3 is 0 Å². The summed E-state index contributed by atoms with van der Waals surface area (Å²) in [6.07, 6.45) is 0. The Labute approximate surface area is 279 Å². The maximum atomic E-state index is 3.65. The highest BCUT2D eigenvalue weighted by molar-refractivity contribution is 9.10. The van der Waals surface area contributed by atoms with Crippen molar-refractivity contribution in [1.29, 1.82) is 0 Å². The lowest BCUT2D eigenvalue weighted by Gasteiger charge is -2.23. The number of nitrogens with zero attached hydrogens (tertiary/aromatic N) is 1. The third kappa shape index (κ3) is 3.61. The molecule has 9 aromatic rings. The Morgan fingerprint density at radius 3 is 2.13 bits per heavy atom. The van der Waals surface area contributed by atoms with Gasteiger partial charge in [-0.05, 0) is 98.8 Å². The van der Waals surface area contributed by atoms with E-state index in [9.17, 15) is 0 Å². The largest absolute Gasteiger partial charge is 0.309 e. The van der Waals surface area contributed by atoms with Gasteiger partial charge in [0.25, 0.3) is 0 Å². The maximum absolute atomic E-state index is 3.65. The first-order chi connectivity index (χ1) is 22.5. The Hall–Kier alpha value is -4.70. The number of thiophene rings is 1. The number of aromatic nitrogens is 1. The van der Waals surface area contributed by atoms with Gasteiger partial charge in [0.2, 0.25) is 0 Å². The highest BCUT2D eigenvalue weighted by atomic mass is 79.9. The molecule has 0 fully saturated rings. The molecule has 2 aromatic heterocycles. The second-order valence-electron chi connectivity index (χ2n) is 13.1. The molecule has 10 rings (SSSR count). The first-order valence-electron chi connectivity index (χ1n) is 15.8. The standard InChI is InChI=1S/C43H28BrNS/c1-43(2)37-11-7-6-10-30(37)33-17-13-27-21-36-35-20-25(26-12-16-31-32-18-15-28(44)23-41(32)46-40(31)22-26)14-19-38(35)45(29-8-4-3-5-9-29)39(36)24-34(27)42(33)43/h3-24H,1-2H3. The molecule has 0 N–H and O–H groups in total. The van der Waals surface area contributed by atoms with Crippen LogP contribution in [0.4, 0.5) is 0 Å². The van der Waals surface area contributed by atoms with Crippen molar-refractivity contribution in [2.45, 2.75) is 19.3 Å². The molecule has 1 aliphatic rings. The second-order valence-corrected chi connectivity index (χ2v) is 15.1. The predicted octanol–water partition coefficient (Wildman–Crippen LogP) is 13.0. The van der Waals surface area contributed by atoms with Crippen LogP contribution in [0, 0.1) is 0 Å². The van der Waals surface area contributed by atoms with Gasteiger partial charge in [-0.15, -0.1) is 11.3 Å². The minimum absolute atomic E-state index is 0.0722. The molecule has 46 heavy (non-hydrogen) atoms. The molecule has 0 bridgehead atoms. The van der Waals surface area contributed by atoms with E-state index in [1.165, 1.54) is 91.8 Å². The number of hydrogen-bond acceptors (Lipinski definition) is 1. The van der Waals surface area contributed by atoms with Gasteiger partial charge in [-0.1, -0.05) is 109 Å². The van der Waals surface area contributed by atoms with Gasteiger partial charge in [0.05, 0.1) is 11.0 Å². The minimum atomic E-state index is -0.0722. The average molecular weight is 671 g/mol. The summed E-state index contributed by atoms with van der Waals surface area (Å²) < 4.78 is 6.21. The fourth-order valence-electron chi connectivity index (χ4n) is 8.10. The van der Waals surface area contributed by atoms with Crippen molar-refractivity contribution in [2.75, 3.05) is 0 Å². The molecule has 1 aliphatic carbocycles. The fourth-order valence-corrected chi connectivity index (χ4v) is 9.80. The first-order valence-corrected chi connectivity index (χ1v) is 17.4. The lowest BCUT2D eigenvalue weighted by molar-refractivity contribution is 0.666. The zero-order chi connectivity index (χ0) is 30.7. The van der Waals surface area contributed by atoms with Gasteiger partial charge in [0.1, 0.15) is 0 Å². The third-order valence-electron chi connectivity index (χ3n) is 10.2. The van der Waals surface area contributed by atoms with Crippen LogP contribution in [-0.2, 0) is 5.41 Å². The van der Waals surface area contributed by atoms with Crippen LogP contribution in [0.3, 0.4) is 0 Å². The van der Waals surface area contributed by atoms with Crippen molar-refractivity contribution in [3.05, 3.63) is 149 Å². The quantitative estimate of drug-likeness (QED) is 0.173. The average Bonchev–Trinajstić information content (AvgIpc) is 3.68. The lowest BCUT2D eigenvalue weighted by Crippen LogP contribution is -2.15. The van der Waals surface area contributed by atoms with Crippen LogP contribution in [-0.4, -0.2) is 4.57 Å². The zero-order valence-corrected chi connectivity index (χ0v) is 27.8. The lowest BCUT2D eigenvalue weighted by atomic mass is 9.80. The molecule has 218 valence electrons. The minimum Gasteiger partial charge on any atom is -0.309 e. The van der Waals surface area contributed by atoms with E-state index in [0.29, 0.717) is 0 Å². The van der Waals surface area contributed by atoms with Gasteiger partial charge in [-0.2, -0.15) is 0 Å². The van der Waals surface area contributed by atoms with Gasteiger partial charge in [-0.25, -0.2) is 0 Å². The Kier molecular flexibility index (Phi) is 5.43. The number of benzene rings is 7. The Bertz CT molecular complexity index is 2730. The molecule has 1 nitrogen and oxygen atoms in total. The molecule has 0 radical (unpaired) electrons. The van der Waals surface area contributed by atoms with Crippen LogP contribution >= 0.6 is 27.3 Å². The van der Waals surface area contributed by atoms with Crippen molar-refractivity contribution in [1.82, 2.24) is 4.57 Å². The molecule has 0 amide bonds. The molecule has 2 heterocycles. The van der Waals surface area contributed by atoms with Gasteiger partial charge in [0.15, 0.2) is 0 Å². The van der Waals surface area contributed by atoms with Crippen LogP contribution in [0.1, 0.15) is 25.0 Å². The summed E-state index contributed by atoms with van der Waals surface area (Å²) in [6, 6.07) is 49.9. The molecule has 0 aliphatic heterocycles. The van der Waals surface area contributed by atoms with Crippen LogP contribution < -0.4 is 0 Å². The van der Waals surface area contributed by atoms with Gasteiger partial charge in [0, 0.05) is 46.5 Å². The zero-order valence-electron chi connectivity index (χ0n) is 25.4. The summed E-state index contributed by atoms with van der Waals surface area (Å²) in [5.74, 6) is 0. The summed E-state index contributed by atoms with van der Waals surface area (Å²) in [5.41, 5.74) is 11.6. The number of hydrogen-bond donors (Lipinski definition) is 0. The molecular weight excluding hydrogens is 642 g/mol. The van der Waals surface area contributed by atoms with E-state index in [0.717, 1.165) is 4.47 Å². The molecule has 0 atom stereocenters. The molecular formula is C43H28BrNS. The summed E-state index contributed by atoms with van der Waals surface area (Å²) in [7, 11) is 0. The van der Waals surface area contributed by atoms with Crippen LogP contribution in [0.25, 0.3) is 80.7 Å². The molecule has 3 heteroatoms. The van der Waals surface area contributed by atoms with Crippen molar-refractivity contribution < 1.29 is 0 Å². The van der Waals surface area contributed by atoms with E-state index >= 15 is 0 Å². The predicted molar refractivity (Wildman–Crippen MR) is 202 cm³/mol. The second kappa shape index (κ2) is 9.42. The van der Waals surface area contributed by atoms with Crippen molar-refractivity contribution in [3.63, 3.8) is 0 Å². The number of halogens is 1. The smallest absolute Gasteiger partial charge is 0.0547 e. The van der Waals surface area contributed by atoms with Crippen molar-refractivity contribution >= 4 is 80.0 Å². The fraction of sp³-hybridized carbons (Fsp3) is 0.0698. The number of fused-ring (bicyclic) bond motifs is 11. The topological polar surface area (TPSA) is 4.93 Å². The SMILES string of the molecule is CC1(C)c2ccccc2-c2ccc3cc4c5cc(-c6ccc7c(c6)sc6cc(Br)ccc67)ccc5n(-c5ccccc5)c4cc3c21. The van der Waals surface area contributed by atoms with Crippen molar-refractivity contribution in [2.24, 2.45) is 0 Å². The molecule has 0 unspecified atom stereocenters. The highest BCUT2D eigenvalue weighted by Gasteiger charge is 2.36. The van der Waals surface area contributed by atoms with E-state index in [4.69, 9.17) is 0 Å². The number of rotatable bonds is 2. The molecule has 0 saturated carbocycles. The summed E-state index contributed by atoms with van der Waals surface area (Å²) in [4.78, 5) is 0. The van der Waals surface area contributed by atoms with Crippen LogP contribution in [0.2, 0.25) is 0 Å². The van der Waals surface area contributed by atoms with Gasteiger partial charge in [-0.3, -0.25) is 0 Å². The molecule has 0 saturated heterocycles. The van der Waals surface area contributed by atoms with Crippen molar-refractivity contribution in [3.8, 4) is 27.9 Å². The highest BCUT2D eigenvalue weighted by Crippen LogP contribution is 2.52. The van der Waals surface area contributed by atoms with Crippen LogP contribution in [0.15, 0.2) is 138 Å². The Morgan fingerprint density at radius 1 is 0.543 bits per heavy atom. The van der Waals surface area contributed by atoms with E-state index < -0.39 is 0 Å². The maximum Gasteiger partial charge on any atom is 0.0547 e. The molecule has 7 aromatic carbocycles. The van der Waals surface area contributed by atoms with Crippen LogP contribution in [0.5, 0.6) is 0 Å². The Morgan fingerprint density at radius 2 is 1.26 bits per heavy atom. The molecule has 0 spiro atoms. The normalized spacial score (nSPS) is 13.7. The van der Waals surface area contributed by atoms with E-state index in [1.807, 2.05) is 11.3 Å². The third-order valence-corrected chi connectivity index (χ3v) is 11.8.